The molecule has 3 aliphatic carbocycles. The van der Waals surface area contributed by atoms with Crippen molar-refractivity contribution in [1.29, 1.82) is 0 Å². The Balaban J connectivity index is 1.73. The molecule has 0 radical (unpaired) electrons. The molecule has 1 heterocycles. The maximum Gasteiger partial charge on any atom is 0.311 e. The summed E-state index contributed by atoms with van der Waals surface area (Å²) in [6.07, 6.45) is 5.82. The molecule has 1 N–H and O–H groups in total. The predicted octanol–water partition coefficient (Wildman–Crippen LogP) is 3.45. The fraction of sp³-hybridized carbons (Fsp3) is 0.864. The molecule has 2 saturated carbocycles. The zero-order valence-corrected chi connectivity index (χ0v) is 17.3. The van der Waals surface area contributed by atoms with Crippen LogP contribution in [0.4, 0.5) is 0 Å². The van der Waals surface area contributed by atoms with E-state index in [-0.39, 0.29) is 22.2 Å². The quantitative estimate of drug-likeness (QED) is 0.559. The molecule has 2 unspecified atom stereocenters. The molecular weight excluding hydrogens is 344 g/mol. The number of aliphatic hydroxyl groups excluding tert-OH is 1. The van der Waals surface area contributed by atoms with E-state index >= 15 is 0 Å². The Morgan fingerprint density at radius 1 is 1.11 bits per heavy atom. The largest absolute Gasteiger partial charge is 0.469 e. The summed E-state index contributed by atoms with van der Waals surface area (Å²) in [7, 11) is 1.40. The summed E-state index contributed by atoms with van der Waals surface area (Å²) < 4.78 is 17.3. The Hall–Kier alpha value is -0.910. The minimum atomic E-state index is -0.694. The molecule has 4 aliphatic rings. The van der Waals surface area contributed by atoms with Crippen molar-refractivity contribution < 1.29 is 24.1 Å². The van der Waals surface area contributed by atoms with Crippen LogP contribution in [0.15, 0.2) is 11.6 Å². The molecule has 1 aliphatic heterocycles. The first-order valence-corrected chi connectivity index (χ1v) is 10.4. The third-order valence-corrected chi connectivity index (χ3v) is 8.65. The highest BCUT2D eigenvalue weighted by molar-refractivity contribution is 5.74. The van der Waals surface area contributed by atoms with E-state index in [2.05, 4.69) is 33.8 Å². The third kappa shape index (κ3) is 2.37. The number of carbonyl (C=O) groups excluding carboxylic acids is 1. The van der Waals surface area contributed by atoms with E-state index in [4.69, 9.17) is 14.2 Å². The predicted molar refractivity (Wildman–Crippen MR) is 101 cm³/mol. The number of esters is 1. The van der Waals surface area contributed by atoms with Crippen LogP contribution in [0.25, 0.3) is 0 Å². The zero-order valence-electron chi connectivity index (χ0n) is 17.3. The second-order valence-corrected chi connectivity index (χ2v) is 10.0. The molecule has 3 fully saturated rings. The average Bonchev–Trinajstić information content (AvgIpc) is 3.11. The van der Waals surface area contributed by atoms with Crippen molar-refractivity contribution in [2.75, 3.05) is 20.3 Å². The van der Waals surface area contributed by atoms with Gasteiger partial charge >= 0.3 is 5.97 Å². The van der Waals surface area contributed by atoms with Crippen molar-refractivity contribution in [3.63, 3.8) is 0 Å². The van der Waals surface area contributed by atoms with E-state index in [1.54, 1.807) is 0 Å². The number of allylic oxidation sites excluding steroid dienone is 1. The number of hydrogen-bond donors (Lipinski definition) is 1. The summed E-state index contributed by atoms with van der Waals surface area (Å²) in [5.41, 5.74) is 0.835. The van der Waals surface area contributed by atoms with Gasteiger partial charge in [-0.05, 0) is 37.0 Å². The van der Waals surface area contributed by atoms with Crippen LogP contribution in [-0.2, 0) is 19.0 Å². The van der Waals surface area contributed by atoms with Crippen molar-refractivity contribution in [2.24, 2.45) is 28.1 Å². The van der Waals surface area contributed by atoms with Crippen LogP contribution in [0.3, 0.4) is 0 Å². The molecule has 0 amide bonds. The lowest BCUT2D eigenvalue weighted by Crippen LogP contribution is -2.63. The van der Waals surface area contributed by atoms with Crippen LogP contribution < -0.4 is 0 Å². The number of hydrogen-bond acceptors (Lipinski definition) is 5. The van der Waals surface area contributed by atoms with Crippen molar-refractivity contribution in [1.82, 2.24) is 0 Å². The van der Waals surface area contributed by atoms with Crippen molar-refractivity contribution >= 4 is 5.97 Å². The van der Waals surface area contributed by atoms with Crippen LogP contribution in [0, 0.1) is 28.1 Å². The van der Waals surface area contributed by atoms with Gasteiger partial charge in [-0.15, -0.1) is 0 Å². The topological polar surface area (TPSA) is 65.0 Å². The smallest absolute Gasteiger partial charge is 0.311 e. The summed E-state index contributed by atoms with van der Waals surface area (Å²) >= 11 is 0. The SMILES string of the molecule is COC(=O)C1CC=C2[C@@](C)(CC[C@H]3C(C)(C)C4(CC[C@]23C)OCCO4)C1O. The molecule has 0 aromatic heterocycles. The van der Waals surface area contributed by atoms with Gasteiger partial charge in [0.15, 0.2) is 5.79 Å². The Bertz CT molecular complexity index is 662. The second-order valence-electron chi connectivity index (χ2n) is 10.0. The lowest BCUT2D eigenvalue weighted by Gasteiger charge is -2.65. The van der Waals surface area contributed by atoms with Crippen LogP contribution >= 0.6 is 0 Å². The summed E-state index contributed by atoms with van der Waals surface area (Å²) in [5.74, 6) is -0.832. The first-order valence-electron chi connectivity index (χ1n) is 10.4. The van der Waals surface area contributed by atoms with Crippen molar-refractivity contribution in [3.05, 3.63) is 11.6 Å². The zero-order chi connectivity index (χ0) is 19.7. The molecule has 152 valence electrons. The maximum absolute atomic E-state index is 12.2. The number of fused-ring (bicyclic) bond motifs is 3. The monoisotopic (exact) mass is 378 g/mol. The van der Waals surface area contributed by atoms with Crippen LogP contribution in [0.1, 0.15) is 59.8 Å². The fourth-order valence-electron chi connectivity index (χ4n) is 7.15. The Morgan fingerprint density at radius 2 is 1.78 bits per heavy atom. The molecule has 5 nitrogen and oxygen atoms in total. The van der Waals surface area contributed by atoms with Crippen molar-refractivity contribution in [3.8, 4) is 0 Å². The van der Waals surface area contributed by atoms with Crippen molar-refractivity contribution in [2.45, 2.75) is 71.7 Å². The average molecular weight is 379 g/mol. The van der Waals surface area contributed by atoms with Gasteiger partial charge in [-0.2, -0.15) is 0 Å². The Labute approximate surface area is 162 Å². The lowest BCUT2D eigenvalue weighted by atomic mass is 9.42. The fourth-order valence-corrected chi connectivity index (χ4v) is 7.15. The van der Waals surface area contributed by atoms with Gasteiger partial charge in [0.25, 0.3) is 0 Å². The highest BCUT2D eigenvalue weighted by Gasteiger charge is 2.67. The van der Waals surface area contributed by atoms with Crippen LogP contribution in [0.5, 0.6) is 0 Å². The van der Waals surface area contributed by atoms with E-state index in [1.807, 2.05) is 0 Å². The Kier molecular flexibility index (Phi) is 4.34. The van der Waals surface area contributed by atoms with Gasteiger partial charge < -0.3 is 19.3 Å². The van der Waals surface area contributed by atoms with Crippen LogP contribution in [-0.4, -0.2) is 43.3 Å². The second kappa shape index (κ2) is 6.04. The first kappa shape index (κ1) is 19.4. The molecule has 27 heavy (non-hydrogen) atoms. The number of carbonyl (C=O) groups is 1. The molecule has 1 spiro atoms. The highest BCUT2D eigenvalue weighted by atomic mass is 16.7. The number of ether oxygens (including phenoxy) is 3. The summed E-state index contributed by atoms with van der Waals surface area (Å²) in [6, 6.07) is 0. The Morgan fingerprint density at radius 3 is 2.41 bits per heavy atom. The number of methoxy groups -OCH3 is 1. The standard InChI is InChI=1S/C22H34O5/c1-19(2)15-8-9-21(4)16(7-6-14(17(21)23)18(24)25-5)20(15,3)10-11-22(19)26-12-13-27-22/h7,14-15,17,23H,6,8-13H2,1-5H3/t14?,15-,17?,20-,21+/m0/s1. The third-order valence-electron chi connectivity index (χ3n) is 8.65. The maximum atomic E-state index is 12.2. The van der Waals surface area contributed by atoms with Gasteiger partial charge in [0.1, 0.15) is 0 Å². The van der Waals surface area contributed by atoms with Gasteiger partial charge in [0, 0.05) is 17.3 Å². The minimum absolute atomic E-state index is 0.0148. The van der Waals surface area contributed by atoms with Gasteiger partial charge in [-0.25, -0.2) is 0 Å². The lowest BCUT2D eigenvalue weighted by molar-refractivity contribution is -0.286. The highest BCUT2D eigenvalue weighted by Crippen LogP contribution is 2.69. The van der Waals surface area contributed by atoms with Gasteiger partial charge in [-0.3, -0.25) is 4.79 Å². The van der Waals surface area contributed by atoms with Crippen LogP contribution in [0.2, 0.25) is 0 Å². The summed E-state index contributed by atoms with van der Waals surface area (Å²) in [4.78, 5) is 12.2. The first-order chi connectivity index (χ1) is 12.6. The molecule has 5 heteroatoms. The number of rotatable bonds is 1. The van der Waals surface area contributed by atoms with E-state index in [1.165, 1.54) is 12.7 Å². The molecule has 1 saturated heterocycles. The number of aliphatic hydroxyl groups is 1. The molecule has 0 aromatic rings. The van der Waals surface area contributed by atoms with Gasteiger partial charge in [0.05, 0.1) is 32.3 Å². The van der Waals surface area contributed by atoms with E-state index in [0.717, 1.165) is 25.7 Å². The minimum Gasteiger partial charge on any atom is -0.469 e. The van der Waals surface area contributed by atoms with E-state index in [9.17, 15) is 9.90 Å². The van der Waals surface area contributed by atoms with E-state index in [0.29, 0.717) is 25.6 Å². The van der Waals surface area contributed by atoms with E-state index < -0.39 is 17.8 Å². The van der Waals surface area contributed by atoms with Gasteiger partial charge in [0.2, 0.25) is 0 Å². The normalized spacial score (nSPS) is 45.0. The molecule has 0 bridgehead atoms. The molecule has 4 rings (SSSR count). The molecule has 0 aromatic carbocycles. The molecular formula is C22H34O5. The summed E-state index contributed by atoms with van der Waals surface area (Å²) in [5, 5.41) is 11.2. The van der Waals surface area contributed by atoms with Gasteiger partial charge in [-0.1, -0.05) is 39.3 Å². The molecule has 5 atom stereocenters. The summed E-state index contributed by atoms with van der Waals surface area (Å²) in [6.45, 7) is 10.4.